The lowest BCUT2D eigenvalue weighted by molar-refractivity contribution is 0.212. The molecule has 1 aromatic carbocycles. The zero-order valence-corrected chi connectivity index (χ0v) is 18.4. The molecule has 1 aliphatic heterocycles. The van der Waals surface area contributed by atoms with Crippen LogP contribution in [0.15, 0.2) is 47.7 Å². The highest BCUT2D eigenvalue weighted by molar-refractivity contribution is 14.0. The lowest BCUT2D eigenvalue weighted by atomic mass is 10.3. The minimum atomic E-state index is -0.354. The SMILES string of the molecule is CN=C(NCC(C)Oc1ccccc1F)N1CCN(c2ncccn2)CC1.I. The quantitative estimate of drug-likeness (QED) is 0.387. The van der Waals surface area contributed by atoms with Gasteiger partial charge in [-0.2, -0.15) is 0 Å². The Morgan fingerprint density at radius 3 is 2.50 bits per heavy atom. The van der Waals surface area contributed by atoms with Crippen molar-refractivity contribution in [3.63, 3.8) is 0 Å². The first kappa shape index (κ1) is 22.1. The first-order valence-electron chi connectivity index (χ1n) is 9.06. The molecule has 0 amide bonds. The van der Waals surface area contributed by atoms with Crippen molar-refractivity contribution in [1.29, 1.82) is 0 Å². The van der Waals surface area contributed by atoms with E-state index in [0.29, 0.717) is 6.54 Å². The summed E-state index contributed by atoms with van der Waals surface area (Å²) < 4.78 is 19.4. The highest BCUT2D eigenvalue weighted by Crippen LogP contribution is 2.16. The zero-order valence-electron chi connectivity index (χ0n) is 16.1. The van der Waals surface area contributed by atoms with Crippen molar-refractivity contribution in [3.05, 3.63) is 48.5 Å². The minimum Gasteiger partial charge on any atom is -0.486 e. The van der Waals surface area contributed by atoms with Gasteiger partial charge in [0.1, 0.15) is 6.10 Å². The maximum atomic E-state index is 13.7. The van der Waals surface area contributed by atoms with Crippen molar-refractivity contribution in [2.24, 2.45) is 4.99 Å². The van der Waals surface area contributed by atoms with E-state index in [1.807, 2.05) is 13.0 Å². The Morgan fingerprint density at radius 2 is 1.86 bits per heavy atom. The maximum absolute atomic E-state index is 13.7. The van der Waals surface area contributed by atoms with Gasteiger partial charge in [0.15, 0.2) is 17.5 Å². The van der Waals surface area contributed by atoms with Crippen LogP contribution in [-0.4, -0.2) is 66.7 Å². The highest BCUT2D eigenvalue weighted by atomic mass is 127. The maximum Gasteiger partial charge on any atom is 0.225 e. The number of nitrogens with zero attached hydrogens (tertiary/aromatic N) is 5. The van der Waals surface area contributed by atoms with Crippen molar-refractivity contribution in [2.75, 3.05) is 44.7 Å². The van der Waals surface area contributed by atoms with E-state index in [1.165, 1.54) is 6.07 Å². The number of benzene rings is 1. The highest BCUT2D eigenvalue weighted by Gasteiger charge is 2.21. The van der Waals surface area contributed by atoms with Gasteiger partial charge in [0, 0.05) is 45.6 Å². The van der Waals surface area contributed by atoms with E-state index in [9.17, 15) is 4.39 Å². The van der Waals surface area contributed by atoms with Crippen LogP contribution in [0.3, 0.4) is 0 Å². The van der Waals surface area contributed by atoms with Crippen LogP contribution >= 0.6 is 24.0 Å². The molecule has 152 valence electrons. The summed E-state index contributed by atoms with van der Waals surface area (Å²) in [7, 11) is 1.76. The molecule has 1 aromatic heterocycles. The summed E-state index contributed by atoms with van der Waals surface area (Å²) in [5.74, 6) is 1.48. The molecular weight excluding hydrogens is 474 g/mol. The van der Waals surface area contributed by atoms with E-state index in [4.69, 9.17) is 4.74 Å². The van der Waals surface area contributed by atoms with Crippen LogP contribution in [0.5, 0.6) is 5.75 Å². The summed E-state index contributed by atoms with van der Waals surface area (Å²) in [5, 5.41) is 3.31. The fourth-order valence-corrected chi connectivity index (χ4v) is 2.94. The number of hydrogen-bond donors (Lipinski definition) is 1. The molecule has 0 spiro atoms. The van der Waals surface area contributed by atoms with Crippen LogP contribution in [0.4, 0.5) is 10.3 Å². The number of para-hydroxylation sites is 1. The van der Waals surface area contributed by atoms with Gasteiger partial charge >= 0.3 is 0 Å². The molecule has 1 saturated heterocycles. The second-order valence-electron chi connectivity index (χ2n) is 6.31. The van der Waals surface area contributed by atoms with E-state index in [-0.39, 0.29) is 41.6 Å². The Balaban J connectivity index is 0.00000280. The van der Waals surface area contributed by atoms with Crippen LogP contribution in [0.1, 0.15) is 6.92 Å². The third kappa shape index (κ3) is 5.91. The van der Waals surface area contributed by atoms with Crippen molar-refractivity contribution in [2.45, 2.75) is 13.0 Å². The second-order valence-corrected chi connectivity index (χ2v) is 6.31. The van der Waals surface area contributed by atoms with Gasteiger partial charge < -0.3 is 19.9 Å². The number of nitrogens with one attached hydrogen (secondary N) is 1. The molecule has 1 N–H and O–H groups in total. The number of piperazine rings is 1. The van der Waals surface area contributed by atoms with E-state index in [1.54, 1.807) is 37.6 Å². The summed E-state index contributed by atoms with van der Waals surface area (Å²) in [6.45, 7) is 5.72. The van der Waals surface area contributed by atoms with Crippen LogP contribution < -0.4 is 15.0 Å². The number of hydrogen-bond acceptors (Lipinski definition) is 5. The minimum absolute atomic E-state index is 0. The van der Waals surface area contributed by atoms with Gasteiger partial charge in [0.05, 0.1) is 6.54 Å². The largest absolute Gasteiger partial charge is 0.486 e. The van der Waals surface area contributed by atoms with E-state index in [2.05, 4.69) is 30.1 Å². The molecule has 9 heteroatoms. The van der Waals surface area contributed by atoms with Gasteiger partial charge in [-0.05, 0) is 25.1 Å². The van der Waals surface area contributed by atoms with Crippen LogP contribution in [0, 0.1) is 5.82 Å². The summed E-state index contributed by atoms with van der Waals surface area (Å²) in [6, 6.07) is 8.24. The number of rotatable bonds is 5. The Kier molecular flexibility index (Phi) is 8.68. The first-order valence-corrected chi connectivity index (χ1v) is 9.06. The number of anilines is 1. The topological polar surface area (TPSA) is 65.9 Å². The number of aromatic nitrogens is 2. The molecule has 2 heterocycles. The predicted molar refractivity (Wildman–Crippen MR) is 119 cm³/mol. The third-order valence-electron chi connectivity index (χ3n) is 4.34. The van der Waals surface area contributed by atoms with Gasteiger partial charge in [-0.15, -0.1) is 24.0 Å². The number of aliphatic imine (C=N–C) groups is 1. The Labute approximate surface area is 182 Å². The molecule has 1 unspecified atom stereocenters. The van der Waals surface area contributed by atoms with Gasteiger partial charge in [0.2, 0.25) is 5.95 Å². The smallest absolute Gasteiger partial charge is 0.225 e. The molecule has 0 saturated carbocycles. The summed E-state index contributed by atoms with van der Waals surface area (Å²) >= 11 is 0. The van der Waals surface area contributed by atoms with Crippen molar-refractivity contribution in [1.82, 2.24) is 20.2 Å². The van der Waals surface area contributed by atoms with Gasteiger partial charge in [-0.25, -0.2) is 14.4 Å². The van der Waals surface area contributed by atoms with E-state index >= 15 is 0 Å². The molecule has 1 atom stereocenters. The molecule has 0 bridgehead atoms. The lowest BCUT2D eigenvalue weighted by Gasteiger charge is -2.36. The molecule has 7 nitrogen and oxygen atoms in total. The molecule has 1 aliphatic rings. The summed E-state index contributed by atoms with van der Waals surface area (Å²) in [5.41, 5.74) is 0. The van der Waals surface area contributed by atoms with E-state index < -0.39 is 0 Å². The van der Waals surface area contributed by atoms with Crippen LogP contribution in [-0.2, 0) is 0 Å². The van der Waals surface area contributed by atoms with Crippen LogP contribution in [0.2, 0.25) is 0 Å². The van der Waals surface area contributed by atoms with Crippen LogP contribution in [0.25, 0.3) is 0 Å². The molecule has 0 aliphatic carbocycles. The normalized spacial score (nSPS) is 15.6. The summed E-state index contributed by atoms with van der Waals surface area (Å²) in [6.07, 6.45) is 3.32. The second kappa shape index (κ2) is 11.0. The van der Waals surface area contributed by atoms with Gasteiger partial charge in [0.25, 0.3) is 0 Å². The Morgan fingerprint density at radius 1 is 1.18 bits per heavy atom. The van der Waals surface area contributed by atoms with Crippen molar-refractivity contribution < 1.29 is 9.13 Å². The van der Waals surface area contributed by atoms with Crippen molar-refractivity contribution in [3.8, 4) is 5.75 Å². The fourth-order valence-electron chi connectivity index (χ4n) is 2.94. The molecular formula is C19H26FIN6O. The lowest BCUT2D eigenvalue weighted by Crippen LogP contribution is -2.53. The number of guanidine groups is 1. The molecule has 3 rings (SSSR count). The third-order valence-corrected chi connectivity index (χ3v) is 4.34. The van der Waals surface area contributed by atoms with Crippen molar-refractivity contribution >= 4 is 35.9 Å². The molecule has 28 heavy (non-hydrogen) atoms. The average molecular weight is 500 g/mol. The van der Waals surface area contributed by atoms with E-state index in [0.717, 1.165) is 38.1 Å². The summed E-state index contributed by atoms with van der Waals surface area (Å²) in [4.78, 5) is 17.3. The monoisotopic (exact) mass is 500 g/mol. The van der Waals surface area contributed by atoms with Gasteiger partial charge in [-0.1, -0.05) is 12.1 Å². The van der Waals surface area contributed by atoms with Gasteiger partial charge in [-0.3, -0.25) is 4.99 Å². The fraction of sp³-hybridized carbons (Fsp3) is 0.421. The number of halogens is 2. The molecule has 0 radical (unpaired) electrons. The zero-order chi connectivity index (χ0) is 19.1. The predicted octanol–water partition coefficient (Wildman–Crippen LogP) is 2.40. The first-order chi connectivity index (χ1) is 13.2. The Bertz CT molecular complexity index is 755. The average Bonchev–Trinajstić information content (AvgIpc) is 2.71. The standard InChI is InChI=1S/C19H25FN6O.HI/c1-15(27-17-7-4-3-6-16(17)20)14-24-18(21-2)25-10-12-26(13-11-25)19-22-8-5-9-23-19;/h3-9,15H,10-14H2,1-2H3,(H,21,24);1H. The molecule has 2 aromatic rings. The number of ether oxygens (including phenoxy) is 1. The Hall–Kier alpha value is -2.17. The molecule has 1 fully saturated rings.